The van der Waals surface area contributed by atoms with E-state index in [1.54, 1.807) is 25.4 Å². The van der Waals surface area contributed by atoms with Crippen LogP contribution in [0.25, 0.3) is 49.7 Å². The van der Waals surface area contributed by atoms with Crippen molar-refractivity contribution in [3.8, 4) is 22.9 Å². The van der Waals surface area contributed by atoms with Gasteiger partial charge < -0.3 is 0 Å². The molecule has 0 aliphatic rings. The molecular formula is C26H15ClN6O. The maximum Gasteiger partial charge on any atom is 0.333 e. The van der Waals surface area contributed by atoms with Crippen LogP contribution in [0.15, 0.2) is 77.9 Å². The van der Waals surface area contributed by atoms with Crippen LogP contribution in [0, 0.1) is 11.3 Å². The molecule has 34 heavy (non-hydrogen) atoms. The number of nitrogens with zero attached hydrogens (tertiary/aromatic N) is 6. The highest BCUT2D eigenvalue weighted by Gasteiger charge is 2.19. The zero-order chi connectivity index (χ0) is 23.4. The summed E-state index contributed by atoms with van der Waals surface area (Å²) in [6, 6.07) is 21.1. The van der Waals surface area contributed by atoms with Gasteiger partial charge in [0.2, 0.25) is 0 Å². The number of nitriles is 1. The average molecular weight is 463 g/mol. The van der Waals surface area contributed by atoms with Crippen molar-refractivity contribution in [3.05, 3.63) is 94.4 Å². The molecule has 0 atom stereocenters. The topological polar surface area (TPSA) is 89.4 Å². The smallest absolute Gasteiger partial charge is 0.293 e. The van der Waals surface area contributed by atoms with E-state index in [9.17, 15) is 4.79 Å². The summed E-state index contributed by atoms with van der Waals surface area (Å²) >= 11 is 6.40. The second-order valence-corrected chi connectivity index (χ2v) is 8.29. The van der Waals surface area contributed by atoms with Crippen LogP contribution in [0.2, 0.25) is 5.15 Å². The SMILES string of the molecule is Cn1c(=O)n(-c2ccc(C#N)nc2Cl)c2c3cc(-c4cnc5ccccc5c4)ccc3ncc21. The lowest BCUT2D eigenvalue weighted by Crippen LogP contribution is -2.21. The van der Waals surface area contributed by atoms with Crippen LogP contribution >= 0.6 is 11.6 Å². The zero-order valence-corrected chi connectivity index (χ0v) is 18.7. The highest BCUT2D eigenvalue weighted by molar-refractivity contribution is 6.31. The normalized spacial score (nSPS) is 11.3. The van der Waals surface area contributed by atoms with Gasteiger partial charge in [-0.15, -0.1) is 0 Å². The number of halogens is 1. The molecular weight excluding hydrogens is 448 g/mol. The molecule has 0 bridgehead atoms. The van der Waals surface area contributed by atoms with Gasteiger partial charge in [-0.3, -0.25) is 19.1 Å². The van der Waals surface area contributed by atoms with Gasteiger partial charge in [-0.2, -0.15) is 5.26 Å². The number of pyridine rings is 3. The number of imidazole rings is 1. The number of aryl methyl sites for hydroxylation is 1. The Hall–Kier alpha value is -4.54. The Bertz CT molecular complexity index is 1880. The van der Waals surface area contributed by atoms with Gasteiger partial charge in [-0.1, -0.05) is 35.9 Å². The van der Waals surface area contributed by atoms with E-state index in [1.807, 2.05) is 54.7 Å². The molecule has 0 aliphatic heterocycles. The Kier molecular flexibility index (Phi) is 4.44. The summed E-state index contributed by atoms with van der Waals surface area (Å²) in [6.07, 6.45) is 3.52. The molecule has 4 aromatic heterocycles. The zero-order valence-electron chi connectivity index (χ0n) is 17.9. The third-order valence-electron chi connectivity index (χ3n) is 5.99. The molecule has 4 heterocycles. The van der Waals surface area contributed by atoms with Crippen LogP contribution in [0.1, 0.15) is 5.69 Å². The molecule has 0 amide bonds. The first kappa shape index (κ1) is 20.1. The predicted molar refractivity (Wildman–Crippen MR) is 132 cm³/mol. The first-order chi connectivity index (χ1) is 16.5. The molecule has 2 aromatic carbocycles. The largest absolute Gasteiger partial charge is 0.333 e. The lowest BCUT2D eigenvalue weighted by Gasteiger charge is -2.09. The summed E-state index contributed by atoms with van der Waals surface area (Å²) in [5.74, 6) is 0. The van der Waals surface area contributed by atoms with Crippen molar-refractivity contribution < 1.29 is 0 Å². The summed E-state index contributed by atoms with van der Waals surface area (Å²) in [6.45, 7) is 0. The van der Waals surface area contributed by atoms with Crippen molar-refractivity contribution in [3.63, 3.8) is 0 Å². The number of hydrogen-bond acceptors (Lipinski definition) is 5. The fourth-order valence-electron chi connectivity index (χ4n) is 4.29. The summed E-state index contributed by atoms with van der Waals surface area (Å²) < 4.78 is 3.05. The van der Waals surface area contributed by atoms with Gasteiger partial charge in [-0.05, 0) is 42.0 Å². The van der Waals surface area contributed by atoms with Gasteiger partial charge in [0.1, 0.15) is 11.8 Å². The van der Waals surface area contributed by atoms with Gasteiger partial charge in [0.15, 0.2) is 5.15 Å². The first-order valence-corrected chi connectivity index (χ1v) is 10.9. The van der Waals surface area contributed by atoms with E-state index in [-0.39, 0.29) is 16.5 Å². The van der Waals surface area contributed by atoms with Crippen LogP contribution in [0.3, 0.4) is 0 Å². The van der Waals surface area contributed by atoms with Gasteiger partial charge in [0.25, 0.3) is 0 Å². The van der Waals surface area contributed by atoms with Crippen LogP contribution in [-0.4, -0.2) is 24.1 Å². The fourth-order valence-corrected chi connectivity index (χ4v) is 4.52. The fraction of sp³-hybridized carbons (Fsp3) is 0.0385. The Morgan fingerprint density at radius 3 is 2.59 bits per heavy atom. The minimum absolute atomic E-state index is 0.0773. The molecule has 0 fully saturated rings. The molecule has 7 nitrogen and oxygen atoms in total. The molecule has 0 saturated heterocycles. The lowest BCUT2D eigenvalue weighted by atomic mass is 10.0. The maximum atomic E-state index is 13.3. The Morgan fingerprint density at radius 1 is 0.941 bits per heavy atom. The second kappa shape index (κ2) is 7.51. The predicted octanol–water partition coefficient (Wildman–Crippen LogP) is 5.01. The Balaban J connectivity index is 1.66. The molecule has 0 unspecified atom stereocenters. The van der Waals surface area contributed by atoms with Gasteiger partial charge >= 0.3 is 5.69 Å². The second-order valence-electron chi connectivity index (χ2n) is 7.94. The van der Waals surface area contributed by atoms with E-state index in [0.29, 0.717) is 16.7 Å². The van der Waals surface area contributed by atoms with Crippen molar-refractivity contribution in [1.82, 2.24) is 24.1 Å². The van der Waals surface area contributed by atoms with Gasteiger partial charge in [0.05, 0.1) is 34.0 Å². The number of para-hydroxylation sites is 1. The summed E-state index contributed by atoms with van der Waals surface area (Å²) in [7, 11) is 1.69. The maximum absolute atomic E-state index is 13.3. The molecule has 8 heteroatoms. The third-order valence-corrected chi connectivity index (χ3v) is 6.27. The minimum Gasteiger partial charge on any atom is -0.293 e. The first-order valence-electron chi connectivity index (χ1n) is 10.5. The molecule has 0 aliphatic carbocycles. The molecule has 0 saturated carbocycles. The van der Waals surface area contributed by atoms with Crippen LogP contribution < -0.4 is 5.69 Å². The van der Waals surface area contributed by atoms with Crippen LogP contribution in [0.4, 0.5) is 0 Å². The van der Waals surface area contributed by atoms with E-state index in [0.717, 1.165) is 32.9 Å². The highest BCUT2D eigenvalue weighted by Crippen LogP contribution is 2.31. The summed E-state index contributed by atoms with van der Waals surface area (Å²) in [4.78, 5) is 26.5. The standard InChI is InChI=1S/C26H15ClN6O/c1-32-23-14-30-21-8-6-15(17-10-16-4-2-3-5-20(16)29-13-17)11-19(21)24(23)33(26(32)34)22-9-7-18(12-28)31-25(22)27/h2-11,13-14H,1H3. The van der Waals surface area contributed by atoms with Crippen molar-refractivity contribution in [2.75, 3.05) is 0 Å². The van der Waals surface area contributed by atoms with E-state index in [4.69, 9.17) is 16.9 Å². The molecule has 0 radical (unpaired) electrons. The van der Waals surface area contributed by atoms with Crippen molar-refractivity contribution in [1.29, 1.82) is 5.26 Å². The summed E-state index contributed by atoms with van der Waals surface area (Å²) in [5.41, 5.74) is 5.20. The molecule has 6 aromatic rings. The third kappa shape index (κ3) is 2.97. The van der Waals surface area contributed by atoms with Crippen LogP contribution in [0.5, 0.6) is 0 Å². The van der Waals surface area contributed by atoms with Crippen molar-refractivity contribution in [2.45, 2.75) is 0 Å². The minimum atomic E-state index is -0.282. The van der Waals surface area contributed by atoms with Crippen molar-refractivity contribution >= 4 is 44.4 Å². The molecule has 162 valence electrons. The molecule has 6 rings (SSSR count). The lowest BCUT2D eigenvalue weighted by molar-refractivity contribution is 0.843. The Labute approximate surface area is 198 Å². The van der Waals surface area contributed by atoms with E-state index >= 15 is 0 Å². The number of rotatable bonds is 2. The highest BCUT2D eigenvalue weighted by atomic mass is 35.5. The van der Waals surface area contributed by atoms with Gasteiger partial charge in [0, 0.05) is 29.6 Å². The van der Waals surface area contributed by atoms with E-state index in [1.165, 1.54) is 9.13 Å². The average Bonchev–Trinajstić information content (AvgIpc) is 3.13. The number of aromatic nitrogens is 5. The summed E-state index contributed by atoms with van der Waals surface area (Å²) in [5, 5.41) is 11.1. The number of benzene rings is 2. The number of fused-ring (bicyclic) bond motifs is 4. The Morgan fingerprint density at radius 2 is 1.76 bits per heavy atom. The quantitative estimate of drug-likeness (QED) is 0.337. The van der Waals surface area contributed by atoms with E-state index in [2.05, 4.69) is 21.0 Å². The molecule has 0 spiro atoms. The van der Waals surface area contributed by atoms with E-state index < -0.39 is 0 Å². The van der Waals surface area contributed by atoms with Gasteiger partial charge in [-0.25, -0.2) is 9.78 Å². The number of hydrogen-bond donors (Lipinski definition) is 0. The van der Waals surface area contributed by atoms with Crippen molar-refractivity contribution in [2.24, 2.45) is 7.05 Å². The molecule has 0 N–H and O–H groups in total. The van der Waals surface area contributed by atoms with Crippen LogP contribution in [-0.2, 0) is 7.05 Å². The monoisotopic (exact) mass is 462 g/mol.